The summed E-state index contributed by atoms with van der Waals surface area (Å²) >= 11 is 0. The summed E-state index contributed by atoms with van der Waals surface area (Å²) < 4.78 is 10.6. The Morgan fingerprint density at radius 3 is 3.09 bits per heavy atom. The monoisotopic (exact) mass is 306 g/mol. The minimum atomic E-state index is -0.447. The van der Waals surface area contributed by atoms with Gasteiger partial charge in [0.25, 0.3) is 0 Å². The first-order chi connectivity index (χ1) is 10.7. The molecule has 1 aromatic rings. The number of esters is 1. The molecule has 0 saturated heterocycles. The van der Waals surface area contributed by atoms with Gasteiger partial charge in [0.2, 0.25) is 0 Å². The van der Waals surface area contributed by atoms with Crippen molar-refractivity contribution in [1.82, 2.24) is 0 Å². The molecule has 0 saturated carbocycles. The lowest BCUT2D eigenvalue weighted by Crippen LogP contribution is -2.22. The highest BCUT2D eigenvalue weighted by atomic mass is 16.7. The quantitative estimate of drug-likeness (QED) is 0.436. The maximum atomic E-state index is 11.5. The van der Waals surface area contributed by atoms with Crippen LogP contribution in [0.25, 0.3) is 0 Å². The van der Waals surface area contributed by atoms with E-state index < -0.39 is 5.97 Å². The zero-order valence-corrected chi connectivity index (χ0v) is 12.5. The van der Waals surface area contributed by atoms with Gasteiger partial charge in [0.15, 0.2) is 11.8 Å². The normalized spacial score (nSPS) is 17.0. The van der Waals surface area contributed by atoms with E-state index in [4.69, 9.17) is 14.3 Å². The van der Waals surface area contributed by atoms with Crippen molar-refractivity contribution in [2.45, 2.75) is 19.4 Å². The van der Waals surface area contributed by atoms with Crippen LogP contribution in [0, 0.1) is 0 Å². The summed E-state index contributed by atoms with van der Waals surface area (Å²) in [6.07, 6.45) is 1.62. The van der Waals surface area contributed by atoms with Gasteiger partial charge in [0.05, 0.1) is 12.8 Å². The summed E-state index contributed by atoms with van der Waals surface area (Å²) in [6, 6.07) is 7.40. The summed E-state index contributed by atoms with van der Waals surface area (Å²) in [5, 5.41) is 7.45. The number of para-hydroxylation sites is 1. The van der Waals surface area contributed by atoms with Crippen molar-refractivity contribution in [2.24, 2.45) is 10.3 Å². The van der Waals surface area contributed by atoms with Crippen molar-refractivity contribution in [3.63, 3.8) is 0 Å². The minimum Gasteiger partial charge on any atom is -0.489 e. The highest BCUT2D eigenvalue weighted by Crippen LogP contribution is 2.19. The minimum absolute atomic E-state index is 0.268. The van der Waals surface area contributed by atoms with Crippen LogP contribution in [0.4, 0.5) is 0 Å². The van der Waals surface area contributed by atoms with E-state index in [0.29, 0.717) is 18.8 Å². The van der Waals surface area contributed by atoms with Crippen LogP contribution in [0.5, 0.6) is 5.75 Å². The summed E-state index contributed by atoms with van der Waals surface area (Å²) in [5.74, 6) is 0.203. The molecule has 1 unspecified atom stereocenters. The molecule has 0 radical (unpaired) electrons. The summed E-state index contributed by atoms with van der Waals surface area (Å²) in [7, 11) is 1.47. The predicted molar refractivity (Wildman–Crippen MR) is 80.1 cm³/mol. The fourth-order valence-electron chi connectivity index (χ4n) is 1.86. The van der Waals surface area contributed by atoms with Crippen LogP contribution in [0.2, 0.25) is 0 Å². The largest absolute Gasteiger partial charge is 0.489 e. The second-order valence-corrected chi connectivity index (χ2v) is 4.46. The molecule has 0 amide bonds. The van der Waals surface area contributed by atoms with E-state index in [1.54, 1.807) is 13.1 Å². The number of rotatable bonds is 7. The summed E-state index contributed by atoms with van der Waals surface area (Å²) in [5.41, 5.74) is 1.07. The van der Waals surface area contributed by atoms with Gasteiger partial charge in [0.1, 0.15) is 19.5 Å². The fraction of sp³-hybridized carbons (Fsp3) is 0.400. The maximum absolute atomic E-state index is 11.5. The summed E-state index contributed by atoms with van der Waals surface area (Å²) in [4.78, 5) is 21.4. The molecular formula is C15H18N2O5. The van der Waals surface area contributed by atoms with E-state index in [1.165, 1.54) is 7.11 Å². The van der Waals surface area contributed by atoms with Gasteiger partial charge in [-0.2, -0.15) is 0 Å². The van der Waals surface area contributed by atoms with Crippen molar-refractivity contribution < 1.29 is 23.9 Å². The van der Waals surface area contributed by atoms with E-state index in [2.05, 4.69) is 15.1 Å². The van der Waals surface area contributed by atoms with Gasteiger partial charge in [-0.3, -0.25) is 0 Å². The van der Waals surface area contributed by atoms with E-state index in [0.717, 1.165) is 5.56 Å². The molecule has 22 heavy (non-hydrogen) atoms. The Morgan fingerprint density at radius 1 is 1.50 bits per heavy atom. The van der Waals surface area contributed by atoms with Crippen molar-refractivity contribution >= 4 is 17.9 Å². The topological polar surface area (TPSA) is 78.7 Å². The van der Waals surface area contributed by atoms with Crippen LogP contribution in [0.3, 0.4) is 0 Å². The predicted octanol–water partition coefficient (Wildman–Crippen LogP) is 1.75. The van der Waals surface area contributed by atoms with Crippen LogP contribution in [-0.2, 0) is 19.2 Å². The number of oxime groups is 2. The first-order valence-electron chi connectivity index (χ1n) is 6.92. The van der Waals surface area contributed by atoms with Crippen LogP contribution >= 0.6 is 0 Å². The Morgan fingerprint density at radius 2 is 2.32 bits per heavy atom. The Balaban J connectivity index is 1.88. The average molecular weight is 306 g/mol. The lowest BCUT2D eigenvalue weighted by Gasteiger charge is -2.12. The van der Waals surface area contributed by atoms with E-state index >= 15 is 0 Å². The molecule has 7 heteroatoms. The molecule has 1 aromatic carbocycles. The molecule has 1 aliphatic heterocycles. The number of nitrogens with zero attached hydrogens (tertiary/aromatic N) is 2. The average Bonchev–Trinajstić information content (AvgIpc) is 3.01. The molecule has 0 fully saturated rings. The molecule has 118 valence electrons. The third kappa shape index (κ3) is 4.21. The molecular weight excluding hydrogens is 288 g/mol. The second kappa shape index (κ2) is 8.02. The van der Waals surface area contributed by atoms with Gasteiger partial charge >= 0.3 is 5.97 Å². The number of benzene rings is 1. The molecule has 7 nitrogen and oxygen atoms in total. The molecule has 0 bridgehead atoms. The van der Waals surface area contributed by atoms with Gasteiger partial charge in [-0.25, -0.2) is 4.79 Å². The highest BCUT2D eigenvalue weighted by molar-refractivity contribution is 6.36. The van der Waals surface area contributed by atoms with Gasteiger partial charge in [0, 0.05) is 12.0 Å². The molecule has 0 N–H and O–H groups in total. The Kier molecular flexibility index (Phi) is 5.76. The molecule has 0 aromatic heterocycles. The highest BCUT2D eigenvalue weighted by Gasteiger charge is 2.27. The van der Waals surface area contributed by atoms with Gasteiger partial charge in [-0.1, -0.05) is 22.4 Å². The summed E-state index contributed by atoms with van der Waals surface area (Å²) in [6.45, 7) is 2.32. The Hall–Kier alpha value is -2.57. The van der Waals surface area contributed by atoms with Gasteiger partial charge in [-0.15, -0.1) is 0 Å². The standard InChI is InChI=1S/C15H18N2O5/c1-3-20-15(18)13-8-12(22-17-13)10-21-14-7-5-4-6-11(14)9-16-19-2/h4-7,9,12H,3,8,10H2,1-2H3/b16-9+. The van der Waals surface area contributed by atoms with Gasteiger partial charge in [-0.05, 0) is 19.1 Å². The van der Waals surface area contributed by atoms with E-state index in [-0.39, 0.29) is 18.4 Å². The van der Waals surface area contributed by atoms with Crippen LogP contribution in [0.15, 0.2) is 34.6 Å². The van der Waals surface area contributed by atoms with E-state index in [1.807, 2.05) is 24.3 Å². The zero-order valence-electron chi connectivity index (χ0n) is 12.5. The third-order valence-corrected chi connectivity index (χ3v) is 2.88. The van der Waals surface area contributed by atoms with Crippen molar-refractivity contribution in [3.8, 4) is 5.75 Å². The number of ether oxygens (including phenoxy) is 2. The third-order valence-electron chi connectivity index (χ3n) is 2.88. The number of hydrogen-bond acceptors (Lipinski definition) is 7. The SMILES string of the molecule is CCOC(=O)C1=NOC(COc2ccccc2/C=N/OC)C1. The van der Waals surface area contributed by atoms with Crippen LogP contribution in [0.1, 0.15) is 18.9 Å². The Bertz CT molecular complexity index is 571. The first-order valence-corrected chi connectivity index (χ1v) is 6.92. The van der Waals surface area contributed by atoms with Crippen molar-refractivity contribution in [2.75, 3.05) is 20.3 Å². The van der Waals surface area contributed by atoms with Crippen molar-refractivity contribution in [1.29, 1.82) is 0 Å². The van der Waals surface area contributed by atoms with E-state index in [9.17, 15) is 4.79 Å². The molecule has 2 rings (SSSR count). The number of hydrogen-bond donors (Lipinski definition) is 0. The Labute approximate surface area is 128 Å². The molecule has 1 atom stereocenters. The van der Waals surface area contributed by atoms with Crippen molar-refractivity contribution in [3.05, 3.63) is 29.8 Å². The lowest BCUT2D eigenvalue weighted by atomic mass is 10.2. The molecule has 1 heterocycles. The molecule has 0 spiro atoms. The number of carbonyl (C=O) groups is 1. The fourth-order valence-corrected chi connectivity index (χ4v) is 1.86. The first kappa shape index (κ1) is 15.8. The molecule has 1 aliphatic rings. The van der Waals surface area contributed by atoms with Crippen LogP contribution in [-0.4, -0.2) is 44.3 Å². The zero-order chi connectivity index (χ0) is 15.8. The molecule has 0 aliphatic carbocycles. The second-order valence-electron chi connectivity index (χ2n) is 4.46. The smallest absolute Gasteiger partial charge is 0.356 e. The number of carbonyl (C=O) groups excluding carboxylic acids is 1. The maximum Gasteiger partial charge on any atom is 0.356 e. The lowest BCUT2D eigenvalue weighted by molar-refractivity contribution is -0.135. The van der Waals surface area contributed by atoms with Crippen LogP contribution < -0.4 is 4.74 Å². The van der Waals surface area contributed by atoms with Gasteiger partial charge < -0.3 is 19.1 Å².